The van der Waals surface area contributed by atoms with Crippen molar-refractivity contribution in [2.75, 3.05) is 26.7 Å². The molecular formula is C20H28N4O2. The summed E-state index contributed by atoms with van der Waals surface area (Å²) in [6, 6.07) is 4.11. The van der Waals surface area contributed by atoms with Crippen LogP contribution in [0.4, 0.5) is 0 Å². The van der Waals surface area contributed by atoms with Crippen LogP contribution in [0.1, 0.15) is 36.6 Å². The maximum Gasteiger partial charge on any atom is 0.280 e. The second-order valence-electron chi connectivity index (χ2n) is 7.38. The van der Waals surface area contributed by atoms with E-state index in [0.29, 0.717) is 30.5 Å². The lowest BCUT2D eigenvalue weighted by atomic mass is 10.0. The molecule has 1 unspecified atom stereocenters. The Bertz CT molecular complexity index is 901. The van der Waals surface area contributed by atoms with Crippen LogP contribution < -0.4 is 5.56 Å². The van der Waals surface area contributed by atoms with Crippen LogP contribution >= 0.6 is 0 Å². The number of hydrogen-bond donors (Lipinski definition) is 1. The van der Waals surface area contributed by atoms with Crippen molar-refractivity contribution in [3.63, 3.8) is 0 Å². The van der Waals surface area contributed by atoms with E-state index in [1.54, 1.807) is 0 Å². The Morgan fingerprint density at radius 3 is 2.62 bits per heavy atom. The molecule has 2 heterocycles. The molecule has 1 aliphatic rings. The van der Waals surface area contributed by atoms with Gasteiger partial charge in [0.1, 0.15) is 0 Å². The summed E-state index contributed by atoms with van der Waals surface area (Å²) >= 11 is 0. The van der Waals surface area contributed by atoms with Crippen molar-refractivity contribution in [1.29, 1.82) is 0 Å². The van der Waals surface area contributed by atoms with Gasteiger partial charge in [0.25, 0.3) is 5.56 Å². The Morgan fingerprint density at radius 1 is 1.23 bits per heavy atom. The summed E-state index contributed by atoms with van der Waals surface area (Å²) in [4.78, 5) is 24.4. The van der Waals surface area contributed by atoms with Crippen molar-refractivity contribution >= 4 is 16.9 Å². The number of hydrogen-bond acceptors (Lipinski definition) is 5. The molecule has 1 aliphatic heterocycles. The maximum atomic E-state index is 13.2. The third-order valence-corrected chi connectivity index (χ3v) is 5.30. The first-order valence-electron chi connectivity index (χ1n) is 9.31. The molecular weight excluding hydrogens is 328 g/mol. The summed E-state index contributed by atoms with van der Waals surface area (Å²) in [5, 5.41) is 9.14. The number of aromatic nitrogens is 2. The number of aliphatic imine (C=N–C) groups is 1. The molecule has 3 rings (SSSR count). The lowest BCUT2D eigenvalue weighted by Crippen LogP contribution is -2.34. The second kappa shape index (κ2) is 7.58. The summed E-state index contributed by atoms with van der Waals surface area (Å²) in [5.74, 6) is 1.05. The molecule has 0 spiro atoms. The minimum atomic E-state index is -0.0792. The van der Waals surface area contributed by atoms with E-state index in [0.717, 1.165) is 41.5 Å². The van der Waals surface area contributed by atoms with E-state index >= 15 is 0 Å². The molecule has 2 aromatic rings. The fourth-order valence-electron chi connectivity index (χ4n) is 3.37. The zero-order valence-electron chi connectivity index (χ0n) is 16.1. The first kappa shape index (κ1) is 18.6. The van der Waals surface area contributed by atoms with Crippen molar-refractivity contribution in [1.82, 2.24) is 14.5 Å². The number of fused-ring (bicyclic) bond motifs is 1. The smallest absolute Gasteiger partial charge is 0.280 e. The van der Waals surface area contributed by atoms with Gasteiger partial charge in [0.05, 0.1) is 17.6 Å². The molecule has 0 fully saturated rings. The molecule has 0 bridgehead atoms. The highest BCUT2D eigenvalue weighted by Crippen LogP contribution is 2.19. The van der Waals surface area contributed by atoms with Crippen molar-refractivity contribution in [3.8, 4) is 0 Å². The van der Waals surface area contributed by atoms with E-state index in [-0.39, 0.29) is 12.2 Å². The van der Waals surface area contributed by atoms with Gasteiger partial charge in [-0.3, -0.25) is 9.79 Å². The van der Waals surface area contributed by atoms with Crippen LogP contribution in [0.15, 0.2) is 21.9 Å². The Kier molecular flexibility index (Phi) is 5.41. The molecule has 6 heteroatoms. The van der Waals surface area contributed by atoms with Crippen molar-refractivity contribution < 1.29 is 5.11 Å². The van der Waals surface area contributed by atoms with Gasteiger partial charge >= 0.3 is 0 Å². The van der Waals surface area contributed by atoms with E-state index in [9.17, 15) is 4.79 Å². The summed E-state index contributed by atoms with van der Waals surface area (Å²) < 4.78 is 1.84. The highest BCUT2D eigenvalue weighted by molar-refractivity contribution is 5.99. The molecule has 26 heavy (non-hydrogen) atoms. The minimum Gasteiger partial charge on any atom is -0.396 e. The van der Waals surface area contributed by atoms with Gasteiger partial charge in [-0.05, 0) is 55.9 Å². The number of aliphatic hydroxyl groups excluding tert-OH is 1. The van der Waals surface area contributed by atoms with E-state index in [4.69, 9.17) is 5.11 Å². The topological polar surface area (TPSA) is 70.7 Å². The van der Waals surface area contributed by atoms with Gasteiger partial charge < -0.3 is 14.6 Å². The number of nitrogens with zero attached hydrogens (tertiary/aromatic N) is 4. The molecule has 6 nitrogen and oxygen atoms in total. The van der Waals surface area contributed by atoms with Gasteiger partial charge in [-0.25, -0.2) is 4.98 Å². The van der Waals surface area contributed by atoms with Gasteiger partial charge in [0, 0.05) is 26.7 Å². The van der Waals surface area contributed by atoms with Gasteiger partial charge in [0.2, 0.25) is 0 Å². The molecule has 0 aliphatic carbocycles. The van der Waals surface area contributed by atoms with Crippen molar-refractivity contribution in [2.24, 2.45) is 10.9 Å². The van der Waals surface area contributed by atoms with Gasteiger partial charge in [-0.2, -0.15) is 0 Å². The molecule has 1 aromatic heterocycles. The number of likely N-dealkylation sites (N-methyl/N-ethyl adjacent to an activating group) is 1. The summed E-state index contributed by atoms with van der Waals surface area (Å²) in [7, 11) is 1.95. The first-order valence-corrected chi connectivity index (χ1v) is 9.31. The third kappa shape index (κ3) is 3.51. The summed E-state index contributed by atoms with van der Waals surface area (Å²) in [6.45, 7) is 8.54. The van der Waals surface area contributed by atoms with Crippen LogP contribution in [0.2, 0.25) is 0 Å². The van der Waals surface area contributed by atoms with E-state index in [2.05, 4.69) is 42.9 Å². The fraction of sp³-hybridized carbons (Fsp3) is 0.550. The minimum absolute atomic E-state index is 0.0792. The second-order valence-corrected chi connectivity index (χ2v) is 7.38. The lowest BCUT2D eigenvalue weighted by Gasteiger charge is -2.18. The quantitative estimate of drug-likeness (QED) is 0.861. The number of aryl methyl sites for hydroxylation is 3. The Labute approximate surface area is 154 Å². The maximum absolute atomic E-state index is 13.2. The largest absolute Gasteiger partial charge is 0.396 e. The monoisotopic (exact) mass is 356 g/mol. The lowest BCUT2D eigenvalue weighted by molar-refractivity contribution is 0.255. The predicted molar refractivity (Wildman–Crippen MR) is 105 cm³/mol. The molecule has 1 N–H and O–H groups in total. The number of amidine groups is 1. The van der Waals surface area contributed by atoms with Gasteiger partial charge in [-0.1, -0.05) is 6.92 Å². The van der Waals surface area contributed by atoms with E-state index in [1.807, 2.05) is 16.5 Å². The van der Waals surface area contributed by atoms with Crippen molar-refractivity contribution in [2.45, 2.75) is 40.2 Å². The van der Waals surface area contributed by atoms with Crippen molar-refractivity contribution in [3.05, 3.63) is 39.3 Å². The van der Waals surface area contributed by atoms with Crippen LogP contribution in [0, 0.1) is 19.8 Å². The zero-order chi connectivity index (χ0) is 18.8. The third-order valence-electron chi connectivity index (χ3n) is 5.30. The van der Waals surface area contributed by atoms with Gasteiger partial charge in [-0.15, -0.1) is 0 Å². The number of benzene rings is 1. The predicted octanol–water partition coefficient (Wildman–Crippen LogP) is 2.11. The van der Waals surface area contributed by atoms with Crippen LogP contribution in [-0.2, 0) is 6.54 Å². The first-order chi connectivity index (χ1) is 12.4. The van der Waals surface area contributed by atoms with Crippen LogP contribution in [0.25, 0.3) is 11.0 Å². The average molecular weight is 356 g/mol. The SMILES string of the molecule is Cc1cc2nc(C3=NCCN3C)c(=O)n(CCC(C)CCO)c2cc1C. The molecule has 140 valence electrons. The normalized spacial score (nSPS) is 15.6. The average Bonchev–Trinajstić information content (AvgIpc) is 3.01. The molecule has 1 aromatic carbocycles. The van der Waals surface area contributed by atoms with E-state index < -0.39 is 0 Å². The molecule has 0 saturated heterocycles. The summed E-state index contributed by atoms with van der Waals surface area (Å²) in [6.07, 6.45) is 1.59. The number of aliphatic hydroxyl groups is 1. The molecule has 0 saturated carbocycles. The Balaban J connectivity index is 2.13. The molecule has 1 atom stereocenters. The standard InChI is InChI=1S/C20H28N4O2/c1-13(6-10-25)5-8-24-17-12-15(3)14(2)11-16(17)22-18(20(24)26)19-21-7-9-23(19)4/h11-13,25H,5-10H2,1-4H3. The fourth-order valence-corrected chi connectivity index (χ4v) is 3.37. The van der Waals surface area contributed by atoms with Crippen LogP contribution in [0.3, 0.4) is 0 Å². The molecule has 0 amide bonds. The Morgan fingerprint density at radius 2 is 1.96 bits per heavy atom. The summed E-state index contributed by atoms with van der Waals surface area (Å²) in [5.41, 5.74) is 4.38. The zero-order valence-corrected chi connectivity index (χ0v) is 16.1. The van der Waals surface area contributed by atoms with Crippen LogP contribution in [-0.4, -0.2) is 52.1 Å². The Hall–Kier alpha value is -2.21. The highest BCUT2D eigenvalue weighted by Gasteiger charge is 2.22. The molecule has 0 radical (unpaired) electrons. The highest BCUT2D eigenvalue weighted by atomic mass is 16.3. The number of rotatable bonds is 6. The van der Waals surface area contributed by atoms with Crippen LogP contribution in [0.5, 0.6) is 0 Å². The van der Waals surface area contributed by atoms with E-state index in [1.165, 1.54) is 0 Å². The van der Waals surface area contributed by atoms with Gasteiger partial charge in [0.15, 0.2) is 11.5 Å².